The minimum atomic E-state index is 0.361. The van der Waals surface area contributed by atoms with Crippen molar-refractivity contribution in [2.24, 2.45) is 0 Å². The van der Waals surface area contributed by atoms with Crippen molar-refractivity contribution in [3.05, 3.63) is 35.7 Å². The molecule has 0 atom stereocenters. The molecule has 0 aliphatic rings. The number of fused-ring (bicyclic) bond motifs is 1. The van der Waals surface area contributed by atoms with Crippen LogP contribution in [-0.2, 0) is 4.74 Å². The summed E-state index contributed by atoms with van der Waals surface area (Å²) >= 11 is 10.3. The third-order valence-corrected chi connectivity index (χ3v) is 3.55. The Kier molecular flexibility index (Phi) is 4.47. The van der Waals surface area contributed by atoms with Gasteiger partial charge in [-0.1, -0.05) is 11.6 Å². The molecule has 8 heteroatoms. The van der Waals surface area contributed by atoms with E-state index in [1.165, 1.54) is 10.4 Å². The van der Waals surface area contributed by atoms with E-state index >= 15 is 0 Å². The lowest BCUT2D eigenvalue weighted by atomic mass is 10.1. The molecule has 0 aliphatic carbocycles. The van der Waals surface area contributed by atoms with E-state index in [4.69, 9.17) is 21.1 Å². The molecule has 3 rings (SSSR count). The summed E-state index contributed by atoms with van der Waals surface area (Å²) in [5, 5.41) is 5.59. The fourth-order valence-electron chi connectivity index (χ4n) is 2.09. The molecule has 0 saturated carbocycles. The lowest BCUT2D eigenvalue weighted by Gasteiger charge is -2.06. The highest BCUT2D eigenvalue weighted by Gasteiger charge is 2.14. The summed E-state index contributed by atoms with van der Waals surface area (Å²) in [4.78, 5) is 8.12. The maximum atomic E-state index is 5.94. The van der Waals surface area contributed by atoms with Crippen LogP contribution in [0.4, 0.5) is 0 Å². The summed E-state index contributed by atoms with van der Waals surface area (Å²) in [5.41, 5.74) is 2.17. The number of rotatable bonds is 5. The molecule has 0 spiro atoms. The Morgan fingerprint density at radius 1 is 1.23 bits per heavy atom. The van der Waals surface area contributed by atoms with Gasteiger partial charge in [-0.25, -0.2) is 14.1 Å². The lowest BCUT2D eigenvalue weighted by Crippen LogP contribution is -2.03. The van der Waals surface area contributed by atoms with Gasteiger partial charge in [0.25, 0.3) is 0 Å². The van der Waals surface area contributed by atoms with Gasteiger partial charge in [0.05, 0.1) is 17.8 Å². The zero-order valence-corrected chi connectivity index (χ0v) is 13.4. The zero-order valence-electron chi connectivity index (χ0n) is 11.7. The Hall–Kier alpha value is -1.83. The molecule has 2 heterocycles. The van der Waals surface area contributed by atoms with E-state index in [-0.39, 0.29) is 0 Å². The van der Waals surface area contributed by atoms with Gasteiger partial charge in [0.15, 0.2) is 0 Å². The predicted molar refractivity (Wildman–Crippen MR) is 87.5 cm³/mol. The van der Waals surface area contributed by atoms with Crippen LogP contribution in [0.2, 0.25) is 5.15 Å². The number of benzene rings is 1. The molecule has 0 aliphatic heterocycles. The van der Waals surface area contributed by atoms with Crippen LogP contribution in [0.15, 0.2) is 30.6 Å². The molecule has 0 saturated heterocycles. The number of aromatic nitrogens is 4. The van der Waals surface area contributed by atoms with E-state index in [0.717, 1.165) is 22.3 Å². The van der Waals surface area contributed by atoms with E-state index < -0.39 is 0 Å². The highest BCUT2D eigenvalue weighted by molar-refractivity contribution is 7.78. The first-order chi connectivity index (χ1) is 10.7. The molecular formula is C14H13ClN4O2S. The van der Waals surface area contributed by atoms with Crippen molar-refractivity contribution >= 4 is 35.3 Å². The monoisotopic (exact) mass is 336 g/mol. The minimum absolute atomic E-state index is 0.361. The molecular weight excluding hydrogens is 324 g/mol. The molecule has 3 aromatic rings. The summed E-state index contributed by atoms with van der Waals surface area (Å²) < 4.78 is 12.1. The van der Waals surface area contributed by atoms with Crippen molar-refractivity contribution in [3.63, 3.8) is 0 Å². The number of ether oxygens (including phenoxy) is 2. The molecule has 114 valence electrons. The summed E-state index contributed by atoms with van der Waals surface area (Å²) in [6.07, 6.45) is 1.41. The lowest BCUT2D eigenvalue weighted by molar-refractivity contribution is 0.146. The highest BCUT2D eigenvalue weighted by Crippen LogP contribution is 2.31. The van der Waals surface area contributed by atoms with Gasteiger partial charge in [-0.05, 0) is 31.0 Å². The van der Waals surface area contributed by atoms with Crippen LogP contribution in [0.1, 0.15) is 0 Å². The largest absolute Gasteiger partial charge is 0.491 e. The van der Waals surface area contributed by atoms with Gasteiger partial charge < -0.3 is 9.47 Å². The van der Waals surface area contributed by atoms with Gasteiger partial charge in [0.2, 0.25) is 0 Å². The summed E-state index contributed by atoms with van der Waals surface area (Å²) in [6, 6.07) is 7.30. The maximum Gasteiger partial charge on any atom is 0.133 e. The molecule has 6 nitrogen and oxygen atoms in total. The number of hydrogen-bond donors (Lipinski definition) is 1. The van der Waals surface area contributed by atoms with E-state index in [1.807, 2.05) is 18.2 Å². The molecule has 0 fully saturated rings. The second-order valence-corrected chi connectivity index (χ2v) is 5.25. The molecule has 1 aromatic carbocycles. The number of hydrogen-bond acceptors (Lipinski definition) is 6. The third kappa shape index (κ3) is 3.01. The van der Waals surface area contributed by atoms with Crippen molar-refractivity contribution < 1.29 is 9.47 Å². The van der Waals surface area contributed by atoms with E-state index in [1.54, 1.807) is 13.2 Å². The summed E-state index contributed by atoms with van der Waals surface area (Å²) in [6.45, 7) is 1.00. The van der Waals surface area contributed by atoms with Gasteiger partial charge in [-0.2, -0.15) is 5.10 Å². The number of halogens is 1. The van der Waals surface area contributed by atoms with Crippen LogP contribution < -0.4 is 4.74 Å². The molecule has 0 unspecified atom stereocenters. The van der Waals surface area contributed by atoms with Gasteiger partial charge in [-0.3, -0.25) is 0 Å². The van der Waals surface area contributed by atoms with Crippen molar-refractivity contribution in [1.29, 1.82) is 0 Å². The van der Waals surface area contributed by atoms with Gasteiger partial charge in [0, 0.05) is 18.6 Å². The maximum absolute atomic E-state index is 5.94. The molecule has 0 N–H and O–H groups in total. The zero-order chi connectivity index (χ0) is 15.5. The quantitative estimate of drug-likeness (QED) is 0.441. The van der Waals surface area contributed by atoms with Gasteiger partial charge in [-0.15, -0.1) is 0 Å². The Morgan fingerprint density at radius 2 is 2.09 bits per heavy atom. The molecule has 0 amide bonds. The highest BCUT2D eigenvalue weighted by atomic mass is 35.5. The Balaban J connectivity index is 2.05. The molecule has 2 aromatic heterocycles. The smallest absolute Gasteiger partial charge is 0.133 e. The molecule has 22 heavy (non-hydrogen) atoms. The Labute approximate surface area is 137 Å². The average molecular weight is 337 g/mol. The first-order valence-corrected chi connectivity index (χ1v) is 7.28. The predicted octanol–water partition coefficient (Wildman–Crippen LogP) is 2.86. The Bertz CT molecular complexity index is 809. The second kappa shape index (κ2) is 6.51. The summed E-state index contributed by atoms with van der Waals surface area (Å²) in [7, 11) is 1.63. The minimum Gasteiger partial charge on any atom is -0.491 e. The molecule has 0 bridgehead atoms. The van der Waals surface area contributed by atoms with Crippen molar-refractivity contribution in [2.45, 2.75) is 0 Å². The van der Waals surface area contributed by atoms with Gasteiger partial charge in [0.1, 0.15) is 29.5 Å². The summed E-state index contributed by atoms with van der Waals surface area (Å²) in [5.74, 6) is 0.729. The van der Waals surface area contributed by atoms with Crippen LogP contribution >= 0.6 is 24.4 Å². The van der Waals surface area contributed by atoms with Crippen LogP contribution in [0.25, 0.3) is 22.3 Å². The first-order valence-electron chi connectivity index (χ1n) is 6.50. The van der Waals surface area contributed by atoms with Crippen LogP contribution in [0.5, 0.6) is 5.75 Å². The van der Waals surface area contributed by atoms with Crippen LogP contribution in [0, 0.1) is 0 Å². The van der Waals surface area contributed by atoms with Gasteiger partial charge >= 0.3 is 0 Å². The first kappa shape index (κ1) is 15.1. The fraction of sp³-hybridized carbons (Fsp3) is 0.214. The number of nitrogens with zero attached hydrogens (tertiary/aromatic N) is 4. The number of thiol groups is 1. The normalized spacial score (nSPS) is 11.0. The van der Waals surface area contributed by atoms with Crippen molar-refractivity contribution in [3.8, 4) is 17.1 Å². The van der Waals surface area contributed by atoms with E-state index in [2.05, 4.69) is 27.9 Å². The topological polar surface area (TPSA) is 62.1 Å². The van der Waals surface area contributed by atoms with Crippen molar-refractivity contribution in [2.75, 3.05) is 20.3 Å². The second-order valence-electron chi connectivity index (χ2n) is 4.48. The van der Waals surface area contributed by atoms with E-state index in [0.29, 0.717) is 24.1 Å². The van der Waals surface area contributed by atoms with E-state index in [9.17, 15) is 0 Å². The number of methoxy groups -OCH3 is 1. The third-order valence-electron chi connectivity index (χ3n) is 3.06. The van der Waals surface area contributed by atoms with Crippen LogP contribution in [0.3, 0.4) is 0 Å². The van der Waals surface area contributed by atoms with Crippen molar-refractivity contribution in [1.82, 2.24) is 19.2 Å². The standard InChI is InChI=1S/C14H13ClN4O2S/c1-20-4-5-21-9-2-3-11-10(6-9)14(19(22)18-11)12-7-13(15)17-8-16-12/h2-3,6-8,22H,4-5H2,1H3. The molecule has 0 radical (unpaired) electrons. The van der Waals surface area contributed by atoms with Crippen LogP contribution in [-0.4, -0.2) is 39.5 Å². The SMILES string of the molecule is COCCOc1ccc2nn(S)c(-c3cc(Cl)ncn3)c2c1. The average Bonchev–Trinajstić information content (AvgIpc) is 2.83. The fourth-order valence-corrected chi connectivity index (χ4v) is 2.54. The Morgan fingerprint density at radius 3 is 2.86 bits per heavy atom.